The average Bonchev–Trinajstić information content (AvgIpc) is 2.26. The molecule has 0 heterocycles. The third-order valence-electron chi connectivity index (χ3n) is 2.15. The Balaban J connectivity index is 2.49. The van der Waals surface area contributed by atoms with Gasteiger partial charge < -0.3 is 5.32 Å². The molecule has 0 fully saturated rings. The summed E-state index contributed by atoms with van der Waals surface area (Å²) in [6.45, 7) is 4.27. The highest BCUT2D eigenvalue weighted by Gasteiger charge is 2.03. The van der Waals surface area contributed by atoms with Crippen LogP contribution in [0.5, 0.6) is 0 Å². The van der Waals surface area contributed by atoms with Crippen molar-refractivity contribution < 1.29 is 0 Å². The fourth-order valence-corrected chi connectivity index (χ4v) is 2.56. The summed E-state index contributed by atoms with van der Waals surface area (Å²) in [5.41, 5.74) is 1.36. The van der Waals surface area contributed by atoms with Crippen molar-refractivity contribution in [1.82, 2.24) is 5.32 Å². The Bertz CT molecular complexity index is 341. The van der Waals surface area contributed by atoms with Gasteiger partial charge >= 0.3 is 0 Å². The van der Waals surface area contributed by atoms with Gasteiger partial charge in [0.25, 0.3) is 0 Å². The molecule has 0 aliphatic rings. The van der Waals surface area contributed by atoms with Crippen LogP contribution in [-0.4, -0.2) is 18.8 Å². The number of hydrogen-bond acceptors (Lipinski definition) is 2. The number of thioether (sulfide) groups is 1. The lowest BCUT2D eigenvalue weighted by Gasteiger charge is -2.12. The van der Waals surface area contributed by atoms with Crippen molar-refractivity contribution in [1.29, 1.82) is 0 Å². The molecule has 1 aromatic rings. The van der Waals surface area contributed by atoms with E-state index in [0.29, 0.717) is 6.04 Å². The summed E-state index contributed by atoms with van der Waals surface area (Å²) in [7, 11) is 2.01. The van der Waals surface area contributed by atoms with Gasteiger partial charge in [0.15, 0.2) is 0 Å². The number of benzene rings is 1. The molecule has 0 bridgehead atoms. The Morgan fingerprint density at radius 2 is 2.00 bits per heavy atom. The van der Waals surface area contributed by atoms with Crippen molar-refractivity contribution in [2.45, 2.75) is 24.8 Å². The van der Waals surface area contributed by atoms with Crippen molar-refractivity contribution in [2.75, 3.05) is 12.8 Å². The molecular formula is C13H18BrNS. The van der Waals surface area contributed by atoms with E-state index in [9.17, 15) is 0 Å². The van der Waals surface area contributed by atoms with E-state index in [-0.39, 0.29) is 0 Å². The van der Waals surface area contributed by atoms with Gasteiger partial charge in [0.1, 0.15) is 0 Å². The summed E-state index contributed by atoms with van der Waals surface area (Å²) < 4.78 is 1.13. The number of nitrogens with one attached hydrogen (secondary N) is 1. The van der Waals surface area contributed by atoms with Crippen LogP contribution in [0.4, 0.5) is 0 Å². The van der Waals surface area contributed by atoms with Crippen LogP contribution in [0.15, 0.2) is 45.3 Å². The number of allylic oxidation sites excluding steroid dienone is 1. The smallest absolute Gasteiger partial charge is 0.0344 e. The molecule has 1 aromatic carbocycles. The van der Waals surface area contributed by atoms with Crippen LogP contribution in [-0.2, 0) is 0 Å². The lowest BCUT2D eigenvalue weighted by Crippen LogP contribution is -2.25. The van der Waals surface area contributed by atoms with E-state index in [4.69, 9.17) is 0 Å². The van der Waals surface area contributed by atoms with Crippen molar-refractivity contribution in [2.24, 2.45) is 0 Å². The first kappa shape index (κ1) is 13.8. The van der Waals surface area contributed by atoms with E-state index >= 15 is 0 Å². The summed E-state index contributed by atoms with van der Waals surface area (Å²) in [5, 5.41) is 3.31. The van der Waals surface area contributed by atoms with E-state index in [2.05, 4.69) is 65.4 Å². The Morgan fingerprint density at radius 1 is 1.38 bits per heavy atom. The first-order valence-corrected chi connectivity index (χ1v) is 7.10. The maximum absolute atomic E-state index is 3.44. The van der Waals surface area contributed by atoms with E-state index in [1.165, 1.54) is 10.5 Å². The van der Waals surface area contributed by atoms with Crippen LogP contribution in [0, 0.1) is 0 Å². The number of hydrogen-bond donors (Lipinski definition) is 1. The van der Waals surface area contributed by atoms with Crippen LogP contribution >= 0.6 is 27.7 Å². The second-order valence-corrected chi connectivity index (χ2v) is 5.91. The van der Waals surface area contributed by atoms with Gasteiger partial charge in [-0.1, -0.05) is 27.6 Å². The van der Waals surface area contributed by atoms with E-state index < -0.39 is 0 Å². The normalized spacial score (nSPS) is 12.2. The zero-order valence-electron chi connectivity index (χ0n) is 9.96. The Kier molecular flexibility index (Phi) is 6.17. The van der Waals surface area contributed by atoms with E-state index in [1.54, 1.807) is 0 Å². The minimum atomic E-state index is 0.443. The van der Waals surface area contributed by atoms with Gasteiger partial charge in [0.05, 0.1) is 0 Å². The van der Waals surface area contributed by atoms with Crippen LogP contribution in [0.1, 0.15) is 13.8 Å². The van der Waals surface area contributed by atoms with Gasteiger partial charge in [-0.25, -0.2) is 0 Å². The highest BCUT2D eigenvalue weighted by atomic mass is 79.9. The van der Waals surface area contributed by atoms with E-state index in [1.807, 2.05) is 18.8 Å². The third kappa shape index (κ3) is 5.19. The summed E-state index contributed by atoms with van der Waals surface area (Å²) >= 11 is 5.32. The van der Waals surface area contributed by atoms with Gasteiger partial charge in [0.2, 0.25) is 0 Å². The third-order valence-corrected chi connectivity index (χ3v) is 3.81. The molecule has 0 saturated heterocycles. The highest BCUT2D eigenvalue weighted by Crippen LogP contribution is 2.21. The van der Waals surface area contributed by atoms with E-state index in [0.717, 1.165) is 10.2 Å². The number of likely N-dealkylation sites (N-methyl/N-ethyl adjacent to an activating group) is 1. The summed E-state index contributed by atoms with van der Waals surface area (Å²) in [5.74, 6) is 1.06. The molecule has 0 aliphatic heterocycles. The second-order valence-electron chi connectivity index (χ2n) is 3.90. The predicted octanol–water partition coefficient (Wildman–Crippen LogP) is 4.10. The van der Waals surface area contributed by atoms with Gasteiger partial charge in [-0.15, -0.1) is 11.8 Å². The predicted molar refractivity (Wildman–Crippen MR) is 77.1 cm³/mol. The largest absolute Gasteiger partial charge is 0.313 e. The van der Waals surface area contributed by atoms with Crippen molar-refractivity contribution in [3.63, 3.8) is 0 Å². The van der Waals surface area contributed by atoms with Crippen LogP contribution < -0.4 is 5.32 Å². The summed E-state index contributed by atoms with van der Waals surface area (Å²) in [6.07, 6.45) is 2.27. The first-order valence-electron chi connectivity index (χ1n) is 5.32. The lowest BCUT2D eigenvalue weighted by molar-refractivity contribution is 0.733. The zero-order valence-corrected chi connectivity index (χ0v) is 12.4. The molecule has 0 amide bonds. The molecule has 16 heavy (non-hydrogen) atoms. The fourth-order valence-electron chi connectivity index (χ4n) is 1.33. The molecular weight excluding hydrogens is 282 g/mol. The molecule has 0 aromatic heterocycles. The maximum Gasteiger partial charge on any atom is 0.0344 e. The standard InChI is InChI=1S/C13H18BrNS/c1-10(2)8-12(15-3)9-16-13-6-4-11(14)5-7-13/h4-8,12,15H,9H2,1-3H3. The fraction of sp³-hybridized carbons (Fsp3) is 0.385. The maximum atomic E-state index is 3.44. The summed E-state index contributed by atoms with van der Waals surface area (Å²) in [6, 6.07) is 8.89. The van der Waals surface area contributed by atoms with Crippen LogP contribution in [0.3, 0.4) is 0 Å². The highest BCUT2D eigenvalue weighted by molar-refractivity contribution is 9.10. The van der Waals surface area contributed by atoms with Gasteiger partial charge in [-0.3, -0.25) is 0 Å². The number of rotatable bonds is 5. The molecule has 1 N–H and O–H groups in total. The molecule has 0 saturated carbocycles. The van der Waals surface area contributed by atoms with Crippen LogP contribution in [0.2, 0.25) is 0 Å². The molecule has 0 spiro atoms. The molecule has 1 rings (SSSR count). The molecule has 1 unspecified atom stereocenters. The molecule has 88 valence electrons. The van der Waals surface area contributed by atoms with Crippen LogP contribution in [0.25, 0.3) is 0 Å². The van der Waals surface area contributed by atoms with Gasteiger partial charge in [-0.2, -0.15) is 0 Å². The van der Waals surface area contributed by atoms with Crippen molar-refractivity contribution in [3.05, 3.63) is 40.4 Å². The van der Waals surface area contributed by atoms with Crippen molar-refractivity contribution in [3.8, 4) is 0 Å². The second kappa shape index (κ2) is 7.15. The SMILES string of the molecule is CNC(C=C(C)C)CSc1ccc(Br)cc1. The quantitative estimate of drug-likeness (QED) is 0.649. The molecule has 0 aliphatic carbocycles. The molecule has 0 radical (unpaired) electrons. The molecule has 3 heteroatoms. The minimum Gasteiger partial charge on any atom is -0.313 e. The zero-order chi connectivity index (χ0) is 12.0. The average molecular weight is 300 g/mol. The van der Waals surface area contributed by atoms with Gasteiger partial charge in [0, 0.05) is 21.2 Å². The Morgan fingerprint density at radius 3 is 2.50 bits per heavy atom. The monoisotopic (exact) mass is 299 g/mol. The lowest BCUT2D eigenvalue weighted by atomic mass is 10.2. The number of halogens is 1. The Labute approximate surface area is 111 Å². The first-order chi connectivity index (χ1) is 7.61. The Hall–Kier alpha value is -0.250. The van der Waals surface area contributed by atoms with Crippen molar-refractivity contribution >= 4 is 27.7 Å². The molecule has 1 atom stereocenters. The van der Waals surface area contributed by atoms with Gasteiger partial charge in [-0.05, 0) is 45.2 Å². The minimum absolute atomic E-state index is 0.443. The molecule has 1 nitrogen and oxygen atoms in total. The summed E-state index contributed by atoms with van der Waals surface area (Å²) in [4.78, 5) is 1.31. The topological polar surface area (TPSA) is 12.0 Å².